The molecule has 4 nitrogen and oxygen atoms in total. The molecule has 2 aromatic rings. The third kappa shape index (κ3) is 2.81. The Labute approximate surface area is 120 Å². The van der Waals surface area contributed by atoms with Gasteiger partial charge in [0.25, 0.3) is 0 Å². The average Bonchev–Trinajstić information content (AvgIpc) is 2.42. The molecule has 2 aromatic carbocycles. The van der Waals surface area contributed by atoms with Gasteiger partial charge in [0.1, 0.15) is 5.75 Å². The second kappa shape index (κ2) is 5.75. The van der Waals surface area contributed by atoms with Crippen LogP contribution >= 0.6 is 11.6 Å². The van der Waals surface area contributed by atoms with E-state index >= 15 is 0 Å². The fourth-order valence-corrected chi connectivity index (χ4v) is 2.01. The molecule has 0 radical (unpaired) electrons. The Hall–Kier alpha value is -2.33. The number of carbonyl (C=O) groups excluding carboxylic acids is 2. The van der Waals surface area contributed by atoms with Gasteiger partial charge in [0.05, 0.1) is 5.02 Å². The summed E-state index contributed by atoms with van der Waals surface area (Å²) in [7, 11) is 0. The lowest BCUT2D eigenvalue weighted by molar-refractivity contribution is -0.132. The van der Waals surface area contributed by atoms with Crippen molar-refractivity contribution in [1.29, 1.82) is 0 Å². The normalized spacial score (nSPS) is 10.1. The van der Waals surface area contributed by atoms with E-state index in [0.717, 1.165) is 6.08 Å². The molecule has 20 heavy (non-hydrogen) atoms. The van der Waals surface area contributed by atoms with Crippen LogP contribution in [0, 0.1) is 0 Å². The van der Waals surface area contributed by atoms with E-state index in [4.69, 9.17) is 21.1 Å². The highest BCUT2D eigenvalue weighted by Crippen LogP contribution is 2.39. The molecule has 0 N–H and O–H groups in total. The highest BCUT2D eigenvalue weighted by molar-refractivity contribution is 6.34. The van der Waals surface area contributed by atoms with Gasteiger partial charge >= 0.3 is 11.9 Å². The second-order valence-electron chi connectivity index (χ2n) is 3.95. The van der Waals surface area contributed by atoms with E-state index in [9.17, 15) is 9.59 Å². The molecule has 0 aliphatic rings. The number of hydrogen-bond acceptors (Lipinski definition) is 4. The number of ether oxygens (including phenoxy) is 2. The lowest BCUT2D eigenvalue weighted by atomic mass is 10.1. The Morgan fingerprint density at radius 3 is 2.45 bits per heavy atom. The zero-order valence-electron chi connectivity index (χ0n) is 10.7. The Morgan fingerprint density at radius 2 is 1.85 bits per heavy atom. The van der Waals surface area contributed by atoms with E-state index in [2.05, 4.69) is 6.58 Å². The summed E-state index contributed by atoms with van der Waals surface area (Å²) in [5.41, 5.74) is 0. The zero-order valence-corrected chi connectivity index (χ0v) is 11.4. The minimum Gasteiger partial charge on any atom is -0.426 e. The van der Waals surface area contributed by atoms with E-state index < -0.39 is 11.9 Å². The third-order valence-electron chi connectivity index (χ3n) is 2.53. The van der Waals surface area contributed by atoms with Crippen LogP contribution in [-0.2, 0) is 9.59 Å². The Balaban J connectivity index is 2.65. The SMILES string of the molecule is C=CC(=O)Oc1c(Cl)cc(OC(C)=O)c2ccccc12. The maximum atomic E-state index is 11.4. The van der Waals surface area contributed by atoms with Gasteiger partial charge in [0.2, 0.25) is 0 Å². The van der Waals surface area contributed by atoms with Crippen LogP contribution in [0.5, 0.6) is 11.5 Å². The highest BCUT2D eigenvalue weighted by atomic mass is 35.5. The summed E-state index contributed by atoms with van der Waals surface area (Å²) in [5, 5.41) is 1.38. The summed E-state index contributed by atoms with van der Waals surface area (Å²) >= 11 is 6.09. The van der Waals surface area contributed by atoms with Crippen LogP contribution in [0.25, 0.3) is 10.8 Å². The van der Waals surface area contributed by atoms with Crippen LogP contribution in [0.1, 0.15) is 6.92 Å². The largest absolute Gasteiger partial charge is 0.426 e. The van der Waals surface area contributed by atoms with E-state index in [1.165, 1.54) is 13.0 Å². The van der Waals surface area contributed by atoms with Gasteiger partial charge in [-0.05, 0) is 0 Å². The molecule has 0 fully saturated rings. The molecule has 0 aromatic heterocycles. The molecule has 0 spiro atoms. The van der Waals surface area contributed by atoms with Crippen molar-refractivity contribution in [3.63, 3.8) is 0 Å². The molecule has 102 valence electrons. The fourth-order valence-electron chi connectivity index (χ4n) is 1.77. The van der Waals surface area contributed by atoms with Gasteiger partial charge in [0.15, 0.2) is 5.75 Å². The summed E-state index contributed by atoms with van der Waals surface area (Å²) in [6, 6.07) is 8.45. The number of rotatable bonds is 3. The number of carbonyl (C=O) groups is 2. The van der Waals surface area contributed by atoms with Crippen molar-refractivity contribution in [3.05, 3.63) is 48.0 Å². The molecule has 0 saturated carbocycles. The maximum Gasteiger partial charge on any atom is 0.335 e. The average molecular weight is 291 g/mol. The summed E-state index contributed by atoms with van der Waals surface area (Å²) in [6.45, 7) is 4.64. The lowest BCUT2D eigenvalue weighted by Gasteiger charge is -2.12. The second-order valence-corrected chi connectivity index (χ2v) is 4.36. The van der Waals surface area contributed by atoms with Gasteiger partial charge in [0, 0.05) is 29.8 Å². The topological polar surface area (TPSA) is 52.6 Å². The Bertz CT molecular complexity index is 706. The van der Waals surface area contributed by atoms with E-state index in [1.54, 1.807) is 24.3 Å². The third-order valence-corrected chi connectivity index (χ3v) is 2.82. The fraction of sp³-hybridized carbons (Fsp3) is 0.0667. The monoisotopic (exact) mass is 290 g/mol. The van der Waals surface area contributed by atoms with Crippen molar-refractivity contribution in [1.82, 2.24) is 0 Å². The molecular weight excluding hydrogens is 280 g/mol. The van der Waals surface area contributed by atoms with Crippen molar-refractivity contribution in [2.75, 3.05) is 0 Å². The van der Waals surface area contributed by atoms with Gasteiger partial charge in [-0.2, -0.15) is 0 Å². The van der Waals surface area contributed by atoms with E-state index in [1.807, 2.05) is 0 Å². The van der Waals surface area contributed by atoms with Crippen molar-refractivity contribution in [3.8, 4) is 11.5 Å². The number of esters is 2. The van der Waals surface area contributed by atoms with Crippen LogP contribution in [0.2, 0.25) is 5.02 Å². The van der Waals surface area contributed by atoms with Crippen LogP contribution in [0.4, 0.5) is 0 Å². The molecule has 0 aliphatic heterocycles. The first kappa shape index (κ1) is 14.1. The van der Waals surface area contributed by atoms with Gasteiger partial charge in [-0.3, -0.25) is 4.79 Å². The van der Waals surface area contributed by atoms with Crippen LogP contribution in [0.3, 0.4) is 0 Å². The molecule has 0 heterocycles. The minimum absolute atomic E-state index is 0.176. The quantitative estimate of drug-likeness (QED) is 0.493. The van der Waals surface area contributed by atoms with Gasteiger partial charge < -0.3 is 9.47 Å². The van der Waals surface area contributed by atoms with Crippen LogP contribution in [-0.4, -0.2) is 11.9 Å². The number of hydrogen-bond donors (Lipinski definition) is 0. The zero-order chi connectivity index (χ0) is 14.7. The predicted octanol–water partition coefficient (Wildman–Crippen LogP) is 3.51. The molecule has 0 bridgehead atoms. The molecule has 2 rings (SSSR count). The van der Waals surface area contributed by atoms with E-state index in [-0.39, 0.29) is 10.8 Å². The first-order chi connectivity index (χ1) is 9.52. The molecule has 0 atom stereocenters. The van der Waals surface area contributed by atoms with Crippen molar-refractivity contribution in [2.45, 2.75) is 6.92 Å². The maximum absolute atomic E-state index is 11.4. The van der Waals surface area contributed by atoms with Crippen LogP contribution in [0.15, 0.2) is 43.0 Å². The predicted molar refractivity (Wildman–Crippen MR) is 76.1 cm³/mol. The Kier molecular flexibility index (Phi) is 4.05. The first-order valence-electron chi connectivity index (χ1n) is 5.77. The molecule has 0 amide bonds. The molecular formula is C15H11ClO4. The van der Waals surface area contributed by atoms with Gasteiger partial charge in [-0.15, -0.1) is 0 Å². The smallest absolute Gasteiger partial charge is 0.335 e. The highest BCUT2D eigenvalue weighted by Gasteiger charge is 2.15. The number of halogens is 1. The number of fused-ring (bicyclic) bond motifs is 1. The molecule has 0 aliphatic carbocycles. The summed E-state index contributed by atoms with van der Waals surface area (Å²) < 4.78 is 10.2. The molecule has 5 heteroatoms. The van der Waals surface area contributed by atoms with Crippen molar-refractivity contribution >= 4 is 34.3 Å². The summed E-state index contributed by atoms with van der Waals surface area (Å²) in [6.07, 6.45) is 1.05. The molecule has 0 saturated heterocycles. The van der Waals surface area contributed by atoms with Crippen molar-refractivity contribution in [2.24, 2.45) is 0 Å². The lowest BCUT2D eigenvalue weighted by Crippen LogP contribution is -2.06. The number of benzene rings is 2. The standard InChI is InChI=1S/C15H11ClO4/c1-3-14(18)20-15-11-7-5-4-6-10(11)13(8-12(15)16)19-9(2)17/h3-8H,1H2,2H3. The van der Waals surface area contributed by atoms with E-state index in [0.29, 0.717) is 16.5 Å². The Morgan fingerprint density at radius 1 is 1.20 bits per heavy atom. The van der Waals surface area contributed by atoms with Gasteiger partial charge in [-0.25, -0.2) is 4.79 Å². The molecule has 0 unspecified atom stereocenters. The van der Waals surface area contributed by atoms with Crippen molar-refractivity contribution < 1.29 is 19.1 Å². The van der Waals surface area contributed by atoms with Crippen LogP contribution < -0.4 is 9.47 Å². The minimum atomic E-state index is -0.614. The first-order valence-corrected chi connectivity index (χ1v) is 6.14. The van der Waals surface area contributed by atoms with Gasteiger partial charge in [-0.1, -0.05) is 42.4 Å². The summed E-state index contributed by atoms with van der Waals surface area (Å²) in [4.78, 5) is 22.5. The summed E-state index contributed by atoms with van der Waals surface area (Å²) in [5.74, 6) is -0.543.